The van der Waals surface area contributed by atoms with E-state index >= 15 is 0 Å². The van der Waals surface area contributed by atoms with Crippen molar-refractivity contribution in [3.8, 4) is 0 Å². The Hall–Kier alpha value is -1.53. The van der Waals surface area contributed by atoms with Crippen LogP contribution in [0.4, 0.5) is 0 Å². The maximum Gasteiger partial charge on any atom is 0.230 e. The van der Waals surface area contributed by atoms with Gasteiger partial charge in [0, 0.05) is 23.3 Å². The van der Waals surface area contributed by atoms with Crippen molar-refractivity contribution in [2.24, 2.45) is 0 Å². The van der Waals surface area contributed by atoms with Gasteiger partial charge in [-0.15, -0.1) is 0 Å². The molecular weight excluding hydrogens is 326 g/mol. The van der Waals surface area contributed by atoms with Crippen molar-refractivity contribution in [1.29, 1.82) is 0 Å². The molecule has 0 fully saturated rings. The number of aromatic nitrogens is 2. The van der Waals surface area contributed by atoms with Crippen LogP contribution in [0, 0.1) is 6.92 Å². The predicted molar refractivity (Wildman–Crippen MR) is 96.0 cm³/mol. The maximum absolute atomic E-state index is 11.9. The van der Waals surface area contributed by atoms with Crippen LogP contribution in [0.1, 0.15) is 25.8 Å². The number of rotatable bonds is 7. The molecular formula is C17H21N3OS2. The number of hydrogen-bond acceptors (Lipinski definition) is 5. The number of nitrogens with one attached hydrogen (secondary N) is 1. The summed E-state index contributed by atoms with van der Waals surface area (Å²) >= 11 is 3.01. The molecule has 2 aromatic rings. The van der Waals surface area contributed by atoms with Gasteiger partial charge in [0.2, 0.25) is 5.91 Å². The molecule has 0 aliphatic rings. The minimum absolute atomic E-state index is 0.0295. The fourth-order valence-electron chi connectivity index (χ4n) is 1.81. The van der Waals surface area contributed by atoms with Crippen molar-refractivity contribution < 1.29 is 4.79 Å². The molecule has 0 aliphatic heterocycles. The van der Waals surface area contributed by atoms with Crippen molar-refractivity contribution in [1.82, 2.24) is 15.3 Å². The first kappa shape index (κ1) is 17.8. The van der Waals surface area contributed by atoms with Crippen LogP contribution >= 0.6 is 23.5 Å². The molecule has 6 heteroatoms. The van der Waals surface area contributed by atoms with Crippen LogP contribution in [0.5, 0.6) is 0 Å². The highest BCUT2D eigenvalue weighted by molar-refractivity contribution is 8.02. The van der Waals surface area contributed by atoms with Crippen molar-refractivity contribution in [2.45, 2.75) is 48.2 Å². The monoisotopic (exact) mass is 347 g/mol. The molecule has 0 spiro atoms. The van der Waals surface area contributed by atoms with Gasteiger partial charge in [0.05, 0.1) is 5.75 Å². The van der Waals surface area contributed by atoms with E-state index in [0.29, 0.717) is 5.75 Å². The Kier molecular flexibility index (Phi) is 6.92. The lowest BCUT2D eigenvalue weighted by Crippen LogP contribution is -2.33. The van der Waals surface area contributed by atoms with Crippen molar-refractivity contribution in [2.75, 3.05) is 5.75 Å². The molecule has 1 amide bonds. The molecule has 1 N–H and O–H groups in total. The van der Waals surface area contributed by atoms with Crippen LogP contribution in [0.25, 0.3) is 0 Å². The molecule has 1 aromatic heterocycles. The average molecular weight is 348 g/mol. The maximum atomic E-state index is 11.9. The first-order valence-corrected chi connectivity index (χ1v) is 9.37. The third kappa shape index (κ3) is 5.55. The summed E-state index contributed by atoms with van der Waals surface area (Å²) in [4.78, 5) is 21.9. The van der Waals surface area contributed by atoms with Gasteiger partial charge < -0.3 is 5.32 Å². The van der Waals surface area contributed by atoms with E-state index in [1.165, 1.54) is 17.3 Å². The van der Waals surface area contributed by atoms with Crippen LogP contribution in [0.3, 0.4) is 0 Å². The summed E-state index contributed by atoms with van der Waals surface area (Å²) in [6, 6.07) is 8.37. The normalized spacial score (nSPS) is 12.0. The second-order valence-electron chi connectivity index (χ2n) is 5.20. The lowest BCUT2D eigenvalue weighted by atomic mass is 10.2. The summed E-state index contributed by atoms with van der Waals surface area (Å²) < 4.78 is 0. The molecule has 1 atom stereocenters. The summed E-state index contributed by atoms with van der Waals surface area (Å²) in [6.07, 6.45) is 4.27. The molecule has 0 unspecified atom stereocenters. The van der Waals surface area contributed by atoms with Crippen molar-refractivity contribution in [3.63, 3.8) is 0 Å². The molecule has 122 valence electrons. The van der Waals surface area contributed by atoms with Gasteiger partial charge in [0.1, 0.15) is 10.1 Å². The number of nitrogens with zero attached hydrogens (tertiary/aromatic N) is 2. The van der Waals surface area contributed by atoms with Crippen molar-refractivity contribution in [3.05, 3.63) is 42.2 Å². The van der Waals surface area contributed by atoms with Crippen LogP contribution in [-0.4, -0.2) is 27.7 Å². The van der Waals surface area contributed by atoms with E-state index < -0.39 is 0 Å². The SMILES string of the molecule is CC[C@H](C)NC(=O)CSc1nccnc1Sc1ccccc1C. The highest BCUT2D eigenvalue weighted by atomic mass is 32.2. The van der Waals surface area contributed by atoms with Crippen LogP contribution in [0.2, 0.25) is 0 Å². The third-order valence-corrected chi connectivity index (χ3v) is 5.57. The zero-order chi connectivity index (χ0) is 16.7. The van der Waals surface area contributed by atoms with E-state index in [1.807, 2.05) is 19.1 Å². The zero-order valence-electron chi connectivity index (χ0n) is 13.6. The number of thioether (sulfide) groups is 1. The standard InChI is InChI=1S/C17H21N3OS2/c1-4-13(3)20-15(21)11-22-16-17(19-10-9-18-16)23-14-8-6-5-7-12(14)2/h5-10,13H,4,11H2,1-3H3,(H,20,21)/t13-/m0/s1. The number of carbonyl (C=O) groups is 1. The van der Waals surface area contributed by atoms with Crippen LogP contribution in [-0.2, 0) is 4.79 Å². The van der Waals surface area contributed by atoms with E-state index in [2.05, 4.69) is 41.3 Å². The summed E-state index contributed by atoms with van der Waals surface area (Å²) in [7, 11) is 0. The van der Waals surface area contributed by atoms with Gasteiger partial charge >= 0.3 is 0 Å². The number of benzene rings is 1. The summed E-state index contributed by atoms with van der Waals surface area (Å²) in [5.74, 6) is 0.381. The lowest BCUT2D eigenvalue weighted by molar-refractivity contribution is -0.119. The summed E-state index contributed by atoms with van der Waals surface area (Å²) in [5.41, 5.74) is 1.20. The fraction of sp³-hybridized carbons (Fsp3) is 0.353. The molecule has 0 saturated carbocycles. The molecule has 1 aromatic carbocycles. The minimum Gasteiger partial charge on any atom is -0.353 e. The Morgan fingerprint density at radius 1 is 1.22 bits per heavy atom. The number of carbonyl (C=O) groups excluding carboxylic acids is 1. The number of amides is 1. The first-order chi connectivity index (χ1) is 11.1. The van der Waals surface area contributed by atoms with Crippen LogP contribution < -0.4 is 5.32 Å². The van der Waals surface area contributed by atoms with Gasteiger partial charge in [-0.1, -0.05) is 48.6 Å². The summed E-state index contributed by atoms with van der Waals surface area (Å²) in [5, 5.41) is 4.59. The van der Waals surface area contributed by atoms with E-state index in [4.69, 9.17) is 0 Å². The average Bonchev–Trinajstić information content (AvgIpc) is 2.56. The molecule has 23 heavy (non-hydrogen) atoms. The highest BCUT2D eigenvalue weighted by Crippen LogP contribution is 2.33. The molecule has 4 nitrogen and oxygen atoms in total. The summed E-state index contributed by atoms with van der Waals surface area (Å²) in [6.45, 7) is 6.13. The fourth-order valence-corrected chi connectivity index (χ4v) is 3.61. The van der Waals surface area contributed by atoms with Gasteiger partial charge in [0.15, 0.2) is 0 Å². The second-order valence-corrected chi connectivity index (χ2v) is 7.19. The number of hydrogen-bond donors (Lipinski definition) is 1. The molecule has 0 bridgehead atoms. The number of aryl methyl sites for hydroxylation is 1. The van der Waals surface area contributed by atoms with Gasteiger partial charge in [0.25, 0.3) is 0 Å². The van der Waals surface area contributed by atoms with Crippen LogP contribution in [0.15, 0.2) is 51.6 Å². The highest BCUT2D eigenvalue weighted by Gasteiger charge is 2.12. The Balaban J connectivity index is 2.03. The van der Waals surface area contributed by atoms with Gasteiger partial charge in [-0.2, -0.15) is 0 Å². The minimum atomic E-state index is 0.0295. The Labute approximate surface area is 145 Å². The Morgan fingerprint density at radius 3 is 2.61 bits per heavy atom. The van der Waals surface area contributed by atoms with Gasteiger partial charge in [-0.3, -0.25) is 4.79 Å². The smallest absolute Gasteiger partial charge is 0.230 e. The molecule has 0 radical (unpaired) electrons. The largest absolute Gasteiger partial charge is 0.353 e. The first-order valence-electron chi connectivity index (χ1n) is 7.56. The third-order valence-electron chi connectivity index (χ3n) is 3.29. The van der Waals surface area contributed by atoms with E-state index in [0.717, 1.165) is 21.4 Å². The quantitative estimate of drug-likeness (QED) is 0.769. The predicted octanol–water partition coefficient (Wildman–Crippen LogP) is 3.94. The molecule has 0 aliphatic carbocycles. The van der Waals surface area contributed by atoms with E-state index in [9.17, 15) is 4.79 Å². The molecule has 2 rings (SSSR count). The van der Waals surface area contributed by atoms with E-state index in [1.54, 1.807) is 24.2 Å². The topological polar surface area (TPSA) is 54.9 Å². The Morgan fingerprint density at radius 2 is 1.91 bits per heavy atom. The molecule has 1 heterocycles. The van der Waals surface area contributed by atoms with Gasteiger partial charge in [-0.25, -0.2) is 9.97 Å². The van der Waals surface area contributed by atoms with Crippen molar-refractivity contribution >= 4 is 29.4 Å². The Bertz CT molecular complexity index is 664. The van der Waals surface area contributed by atoms with E-state index in [-0.39, 0.29) is 11.9 Å². The lowest BCUT2D eigenvalue weighted by Gasteiger charge is -2.11. The molecule has 0 saturated heterocycles. The van der Waals surface area contributed by atoms with Gasteiger partial charge in [-0.05, 0) is 31.9 Å². The zero-order valence-corrected chi connectivity index (χ0v) is 15.2. The second kappa shape index (κ2) is 8.93.